The minimum absolute atomic E-state index is 0.0437. The number of nitrogens with one attached hydrogen (secondary N) is 1. The third-order valence-corrected chi connectivity index (χ3v) is 4.07. The highest BCUT2D eigenvalue weighted by Gasteiger charge is 2.28. The van der Waals surface area contributed by atoms with Crippen molar-refractivity contribution in [3.63, 3.8) is 0 Å². The van der Waals surface area contributed by atoms with Crippen LogP contribution in [0, 0.1) is 12.8 Å². The van der Waals surface area contributed by atoms with Gasteiger partial charge in [0.2, 0.25) is 0 Å². The fraction of sp³-hybridized carbons (Fsp3) is 0.529. The third kappa shape index (κ3) is 3.75. The highest BCUT2D eigenvalue weighted by Crippen LogP contribution is 2.25. The van der Waals surface area contributed by atoms with Crippen LogP contribution in [0.25, 0.3) is 0 Å². The molecule has 1 aliphatic rings. The van der Waals surface area contributed by atoms with Gasteiger partial charge >= 0.3 is 0 Å². The van der Waals surface area contributed by atoms with Crippen molar-refractivity contribution in [2.45, 2.75) is 33.1 Å². The topological polar surface area (TPSA) is 66.8 Å². The van der Waals surface area contributed by atoms with Gasteiger partial charge in [-0.05, 0) is 31.2 Å². The second-order valence-electron chi connectivity index (χ2n) is 7.24. The molecule has 0 aromatic carbocycles. The van der Waals surface area contributed by atoms with E-state index in [2.05, 4.69) is 63.5 Å². The lowest BCUT2D eigenvalue weighted by Crippen LogP contribution is -2.50. The maximum atomic E-state index is 4.36. The van der Waals surface area contributed by atoms with Gasteiger partial charge in [0, 0.05) is 31.0 Å². The second kappa shape index (κ2) is 6.10. The molecule has 0 radical (unpaired) electrons. The maximum Gasteiger partial charge on any atom is 0.151 e. The predicted molar refractivity (Wildman–Crippen MR) is 91.7 cm³/mol. The largest absolute Gasteiger partial charge is 0.368 e. The Bertz CT molecular complexity index is 638. The van der Waals surface area contributed by atoms with Crippen LogP contribution in [0.15, 0.2) is 24.3 Å². The van der Waals surface area contributed by atoms with Gasteiger partial charge in [-0.15, -0.1) is 10.2 Å². The first-order valence-corrected chi connectivity index (χ1v) is 8.05. The van der Waals surface area contributed by atoms with Crippen LogP contribution < -0.4 is 10.2 Å². The lowest BCUT2D eigenvalue weighted by Gasteiger charge is -2.40. The minimum atomic E-state index is 0.0437. The zero-order chi connectivity index (χ0) is 16.4. The number of hydrogen-bond donors (Lipinski definition) is 1. The standard InChI is InChI=1S/C17H24N6/c1-12-5-7-15(21-19-12)18-9-13-10-23(11-13)16-8-6-14(20-22-16)17(2,3)4/h5-8,13H,9-11H2,1-4H3,(H,18,21). The molecule has 0 unspecified atom stereocenters. The Hall–Kier alpha value is -2.24. The summed E-state index contributed by atoms with van der Waals surface area (Å²) in [6.45, 7) is 11.3. The summed E-state index contributed by atoms with van der Waals surface area (Å²) in [5, 5.41) is 20.2. The highest BCUT2D eigenvalue weighted by atomic mass is 15.3. The summed E-state index contributed by atoms with van der Waals surface area (Å²) in [4.78, 5) is 2.26. The lowest BCUT2D eigenvalue weighted by atomic mass is 9.92. The molecule has 0 saturated carbocycles. The fourth-order valence-electron chi connectivity index (χ4n) is 2.52. The smallest absolute Gasteiger partial charge is 0.151 e. The molecule has 122 valence electrons. The van der Waals surface area contributed by atoms with E-state index in [1.165, 1.54) is 0 Å². The molecular formula is C17H24N6. The Morgan fingerprint density at radius 3 is 2.39 bits per heavy atom. The van der Waals surface area contributed by atoms with Gasteiger partial charge in [0.25, 0.3) is 0 Å². The van der Waals surface area contributed by atoms with E-state index in [9.17, 15) is 0 Å². The molecule has 1 fully saturated rings. The van der Waals surface area contributed by atoms with Crippen molar-refractivity contribution < 1.29 is 0 Å². The van der Waals surface area contributed by atoms with E-state index in [4.69, 9.17) is 0 Å². The summed E-state index contributed by atoms with van der Waals surface area (Å²) < 4.78 is 0. The van der Waals surface area contributed by atoms with Crippen molar-refractivity contribution >= 4 is 11.6 Å². The Labute approximate surface area is 137 Å². The predicted octanol–water partition coefficient (Wildman–Crippen LogP) is 2.42. The van der Waals surface area contributed by atoms with Crippen LogP contribution in [0.4, 0.5) is 11.6 Å². The average molecular weight is 312 g/mol. The van der Waals surface area contributed by atoms with E-state index in [0.717, 1.165) is 42.7 Å². The molecule has 3 rings (SSSR count). The Kier molecular flexibility index (Phi) is 4.15. The van der Waals surface area contributed by atoms with Crippen molar-refractivity contribution in [1.29, 1.82) is 0 Å². The lowest BCUT2D eigenvalue weighted by molar-refractivity contribution is 0.424. The molecule has 1 N–H and O–H groups in total. The van der Waals surface area contributed by atoms with Gasteiger partial charge in [-0.3, -0.25) is 0 Å². The van der Waals surface area contributed by atoms with Crippen molar-refractivity contribution in [3.05, 3.63) is 35.7 Å². The molecule has 1 saturated heterocycles. The Morgan fingerprint density at radius 2 is 1.83 bits per heavy atom. The number of hydrogen-bond acceptors (Lipinski definition) is 6. The van der Waals surface area contributed by atoms with E-state index in [1.54, 1.807) is 0 Å². The first kappa shape index (κ1) is 15.6. The summed E-state index contributed by atoms with van der Waals surface area (Å²) in [6.07, 6.45) is 0. The average Bonchev–Trinajstić information content (AvgIpc) is 2.47. The quantitative estimate of drug-likeness (QED) is 0.935. The monoisotopic (exact) mass is 312 g/mol. The highest BCUT2D eigenvalue weighted by molar-refractivity contribution is 5.42. The molecule has 6 nitrogen and oxygen atoms in total. The van der Waals surface area contributed by atoms with Gasteiger partial charge < -0.3 is 10.2 Å². The molecular weight excluding hydrogens is 288 g/mol. The van der Waals surface area contributed by atoms with Gasteiger partial charge in [0.05, 0.1) is 11.4 Å². The summed E-state index contributed by atoms with van der Waals surface area (Å²) in [5.74, 6) is 2.40. The Balaban J connectivity index is 1.48. The van der Waals surface area contributed by atoms with E-state index in [1.807, 2.05) is 19.1 Å². The molecule has 0 atom stereocenters. The molecule has 0 amide bonds. The molecule has 23 heavy (non-hydrogen) atoms. The SMILES string of the molecule is Cc1ccc(NCC2CN(c3ccc(C(C)(C)C)nn3)C2)nn1. The molecule has 6 heteroatoms. The van der Waals surface area contributed by atoms with Crippen LogP contribution in [-0.2, 0) is 5.41 Å². The molecule has 0 bridgehead atoms. The van der Waals surface area contributed by atoms with Crippen LogP contribution in [0.5, 0.6) is 0 Å². The second-order valence-corrected chi connectivity index (χ2v) is 7.24. The fourth-order valence-corrected chi connectivity index (χ4v) is 2.52. The van der Waals surface area contributed by atoms with Crippen LogP contribution >= 0.6 is 0 Å². The van der Waals surface area contributed by atoms with Crippen LogP contribution in [0.1, 0.15) is 32.2 Å². The van der Waals surface area contributed by atoms with Gasteiger partial charge in [0.1, 0.15) is 5.82 Å². The van der Waals surface area contributed by atoms with Gasteiger partial charge in [-0.2, -0.15) is 10.2 Å². The van der Waals surface area contributed by atoms with Gasteiger partial charge in [-0.1, -0.05) is 20.8 Å². The van der Waals surface area contributed by atoms with Crippen molar-refractivity contribution in [3.8, 4) is 0 Å². The molecule has 2 aromatic heterocycles. The van der Waals surface area contributed by atoms with Gasteiger partial charge in [-0.25, -0.2) is 0 Å². The van der Waals surface area contributed by atoms with E-state index >= 15 is 0 Å². The summed E-state index contributed by atoms with van der Waals surface area (Å²) in [7, 11) is 0. The Morgan fingerprint density at radius 1 is 1.04 bits per heavy atom. The summed E-state index contributed by atoms with van der Waals surface area (Å²) in [6, 6.07) is 8.09. The molecule has 0 spiro atoms. The number of aromatic nitrogens is 4. The number of aryl methyl sites for hydroxylation is 1. The first-order valence-electron chi connectivity index (χ1n) is 8.05. The zero-order valence-electron chi connectivity index (χ0n) is 14.2. The summed E-state index contributed by atoms with van der Waals surface area (Å²) >= 11 is 0. The summed E-state index contributed by atoms with van der Waals surface area (Å²) in [5.41, 5.74) is 2.00. The normalized spacial score (nSPS) is 15.4. The van der Waals surface area contributed by atoms with E-state index < -0.39 is 0 Å². The number of rotatable bonds is 4. The zero-order valence-corrected chi connectivity index (χ0v) is 14.2. The van der Waals surface area contributed by atoms with Crippen LogP contribution in [-0.4, -0.2) is 40.0 Å². The molecule has 1 aliphatic heterocycles. The number of nitrogens with zero attached hydrogens (tertiary/aromatic N) is 5. The van der Waals surface area contributed by atoms with Crippen LogP contribution in [0.2, 0.25) is 0 Å². The molecule has 0 aliphatic carbocycles. The first-order chi connectivity index (χ1) is 10.9. The van der Waals surface area contributed by atoms with Crippen molar-refractivity contribution in [2.75, 3.05) is 29.9 Å². The molecule has 2 aromatic rings. The van der Waals surface area contributed by atoms with E-state index in [-0.39, 0.29) is 5.41 Å². The van der Waals surface area contributed by atoms with Crippen molar-refractivity contribution in [2.24, 2.45) is 5.92 Å². The van der Waals surface area contributed by atoms with Crippen LogP contribution in [0.3, 0.4) is 0 Å². The third-order valence-electron chi connectivity index (χ3n) is 4.07. The van der Waals surface area contributed by atoms with Gasteiger partial charge in [0.15, 0.2) is 5.82 Å². The minimum Gasteiger partial charge on any atom is -0.368 e. The maximum absolute atomic E-state index is 4.36. The van der Waals surface area contributed by atoms with E-state index in [0.29, 0.717) is 5.92 Å². The van der Waals surface area contributed by atoms with Crippen molar-refractivity contribution in [1.82, 2.24) is 20.4 Å². The molecule has 3 heterocycles. The number of anilines is 2.